The summed E-state index contributed by atoms with van der Waals surface area (Å²) < 4.78 is 5.35. The molecule has 0 aromatic heterocycles. The number of benzene rings is 2. The van der Waals surface area contributed by atoms with Gasteiger partial charge in [0.25, 0.3) is 0 Å². The van der Waals surface area contributed by atoms with Crippen LogP contribution in [0.5, 0.6) is 0 Å². The molecule has 7 nitrogen and oxygen atoms in total. The second-order valence-electron chi connectivity index (χ2n) is 8.73. The van der Waals surface area contributed by atoms with Gasteiger partial charge in [0.2, 0.25) is 0 Å². The van der Waals surface area contributed by atoms with Gasteiger partial charge >= 0.3 is 12.1 Å². The summed E-state index contributed by atoms with van der Waals surface area (Å²) in [6.45, 7) is 5.71. The van der Waals surface area contributed by atoms with E-state index in [1.54, 1.807) is 79.1 Å². The summed E-state index contributed by atoms with van der Waals surface area (Å²) in [7, 11) is 0. The van der Waals surface area contributed by atoms with Gasteiger partial charge in [-0.25, -0.2) is 9.59 Å². The molecule has 3 amide bonds. The maximum absolute atomic E-state index is 13.6. The van der Waals surface area contributed by atoms with E-state index in [4.69, 9.17) is 32.9 Å². The number of urea groups is 1. The summed E-state index contributed by atoms with van der Waals surface area (Å²) in [6.07, 6.45) is 1.72. The van der Waals surface area contributed by atoms with Crippen LogP contribution in [-0.2, 0) is 4.74 Å². The largest absolute Gasteiger partial charge is 0.444 e. The van der Waals surface area contributed by atoms with Crippen molar-refractivity contribution in [3.8, 4) is 0 Å². The lowest BCUT2D eigenvalue weighted by Crippen LogP contribution is -2.55. The van der Waals surface area contributed by atoms with Crippen LogP contribution >= 0.6 is 23.2 Å². The molecule has 1 fully saturated rings. The quantitative estimate of drug-likeness (QED) is 0.563. The van der Waals surface area contributed by atoms with Crippen LogP contribution in [0.15, 0.2) is 65.3 Å². The molecule has 0 saturated carbocycles. The van der Waals surface area contributed by atoms with Crippen molar-refractivity contribution < 1.29 is 14.3 Å². The third kappa shape index (κ3) is 5.31. The van der Waals surface area contributed by atoms with Gasteiger partial charge in [0.1, 0.15) is 17.5 Å². The SMILES string of the molecule is CC(C)(C)OC(=O)NC1=NC2CN(c3ccc(Cl)cc3)C(=O)N(c3ccc(Cl)cc3)C2=CC1. The van der Waals surface area contributed by atoms with E-state index in [0.717, 1.165) is 5.70 Å². The standard InChI is InChI=1S/C24H24Cl2N4O3/c1-24(2,3)33-22(31)28-21-13-12-20-19(27-21)14-29(17-8-4-15(25)5-9-17)23(32)30(20)18-10-6-16(26)7-11-18/h4-12,19H,13-14H2,1-3H3,(H,27,28,31). The van der Waals surface area contributed by atoms with E-state index < -0.39 is 11.7 Å². The van der Waals surface area contributed by atoms with Gasteiger partial charge in [0.05, 0.1) is 17.9 Å². The van der Waals surface area contributed by atoms with Crippen LogP contribution in [0.25, 0.3) is 0 Å². The van der Waals surface area contributed by atoms with E-state index >= 15 is 0 Å². The Morgan fingerprint density at radius 2 is 1.61 bits per heavy atom. The van der Waals surface area contributed by atoms with Crippen molar-refractivity contribution in [2.45, 2.75) is 38.8 Å². The molecule has 2 aromatic carbocycles. The lowest BCUT2D eigenvalue weighted by molar-refractivity contribution is 0.0562. The van der Waals surface area contributed by atoms with E-state index in [1.165, 1.54) is 0 Å². The lowest BCUT2D eigenvalue weighted by atomic mass is 10.0. The summed E-state index contributed by atoms with van der Waals surface area (Å²) in [5, 5.41) is 3.89. The zero-order chi connectivity index (χ0) is 23.8. The third-order valence-electron chi connectivity index (χ3n) is 5.06. The number of amidine groups is 1. The van der Waals surface area contributed by atoms with Crippen molar-refractivity contribution in [2.75, 3.05) is 16.3 Å². The number of hydrogen-bond acceptors (Lipinski definition) is 4. The highest BCUT2D eigenvalue weighted by atomic mass is 35.5. The first-order valence-electron chi connectivity index (χ1n) is 10.5. The third-order valence-corrected chi connectivity index (χ3v) is 5.57. The molecule has 1 saturated heterocycles. The predicted molar refractivity (Wildman–Crippen MR) is 131 cm³/mol. The van der Waals surface area contributed by atoms with Crippen LogP contribution in [0.3, 0.4) is 0 Å². The van der Waals surface area contributed by atoms with Gasteiger partial charge in [-0.3, -0.25) is 20.1 Å². The van der Waals surface area contributed by atoms with Crippen LogP contribution in [-0.4, -0.2) is 36.1 Å². The normalized spacial score (nSPS) is 18.3. The maximum Gasteiger partial charge on any atom is 0.413 e. The molecule has 4 rings (SSSR count). The Hall–Kier alpha value is -3.03. The summed E-state index contributed by atoms with van der Waals surface area (Å²) >= 11 is 12.1. The van der Waals surface area contributed by atoms with E-state index in [9.17, 15) is 9.59 Å². The predicted octanol–water partition coefficient (Wildman–Crippen LogP) is 6.02. The number of nitrogens with one attached hydrogen (secondary N) is 1. The molecule has 2 aromatic rings. The molecule has 33 heavy (non-hydrogen) atoms. The summed E-state index contributed by atoms with van der Waals surface area (Å²) in [6, 6.07) is 13.5. The van der Waals surface area contributed by atoms with Crippen LogP contribution in [0.4, 0.5) is 21.0 Å². The van der Waals surface area contributed by atoms with E-state index in [0.29, 0.717) is 40.2 Å². The first-order valence-corrected chi connectivity index (χ1v) is 11.3. The van der Waals surface area contributed by atoms with Crippen molar-refractivity contribution in [1.82, 2.24) is 5.32 Å². The number of fused-ring (bicyclic) bond motifs is 1. The van der Waals surface area contributed by atoms with Crippen LogP contribution < -0.4 is 15.1 Å². The molecule has 2 aliphatic heterocycles. The highest BCUT2D eigenvalue weighted by Crippen LogP contribution is 2.34. The smallest absolute Gasteiger partial charge is 0.413 e. The van der Waals surface area contributed by atoms with Crippen LogP contribution in [0.2, 0.25) is 10.0 Å². The number of carbonyl (C=O) groups is 2. The van der Waals surface area contributed by atoms with Crippen LogP contribution in [0.1, 0.15) is 27.2 Å². The molecule has 1 N–H and O–H groups in total. The Morgan fingerprint density at radius 3 is 2.18 bits per heavy atom. The van der Waals surface area contributed by atoms with E-state index in [1.807, 2.05) is 6.08 Å². The molecule has 1 atom stereocenters. The molecule has 1 unspecified atom stereocenters. The van der Waals surface area contributed by atoms with Gasteiger partial charge in [-0.1, -0.05) is 29.3 Å². The fourth-order valence-electron chi connectivity index (χ4n) is 3.69. The van der Waals surface area contributed by atoms with Crippen molar-refractivity contribution in [2.24, 2.45) is 4.99 Å². The number of ether oxygens (including phenoxy) is 1. The zero-order valence-electron chi connectivity index (χ0n) is 18.5. The van der Waals surface area contributed by atoms with Gasteiger partial charge in [0.15, 0.2) is 0 Å². The Morgan fingerprint density at radius 1 is 1.03 bits per heavy atom. The summed E-state index contributed by atoms with van der Waals surface area (Å²) in [5.74, 6) is 0.486. The molecule has 0 aliphatic carbocycles. The van der Waals surface area contributed by atoms with Gasteiger partial charge < -0.3 is 4.74 Å². The molecule has 9 heteroatoms. The number of halogens is 2. The average Bonchev–Trinajstić information content (AvgIpc) is 2.74. The highest BCUT2D eigenvalue weighted by molar-refractivity contribution is 6.31. The number of rotatable bonds is 2. The minimum atomic E-state index is -0.617. The fraction of sp³-hybridized carbons (Fsp3) is 0.292. The fourth-order valence-corrected chi connectivity index (χ4v) is 3.94. The minimum Gasteiger partial charge on any atom is -0.444 e. The number of carbonyl (C=O) groups excluding carboxylic acids is 2. The van der Waals surface area contributed by atoms with Gasteiger partial charge in [0, 0.05) is 22.2 Å². The number of dihydropyridines is 1. The first kappa shape index (κ1) is 23.1. The molecule has 172 valence electrons. The molecule has 2 aliphatic rings. The summed E-state index contributed by atoms with van der Waals surface area (Å²) in [5.41, 5.74) is 1.51. The lowest BCUT2D eigenvalue weighted by Gasteiger charge is -2.42. The Bertz CT molecular complexity index is 1120. The Labute approximate surface area is 202 Å². The second kappa shape index (κ2) is 9.08. The van der Waals surface area contributed by atoms with Crippen LogP contribution in [0, 0.1) is 0 Å². The first-order chi connectivity index (χ1) is 15.6. The second-order valence-corrected chi connectivity index (χ2v) is 9.61. The zero-order valence-corrected chi connectivity index (χ0v) is 20.0. The average molecular weight is 487 g/mol. The Balaban J connectivity index is 1.66. The Kier molecular flexibility index (Phi) is 6.36. The van der Waals surface area contributed by atoms with Gasteiger partial charge in [-0.05, 0) is 69.3 Å². The van der Waals surface area contributed by atoms with Crippen molar-refractivity contribution in [3.63, 3.8) is 0 Å². The van der Waals surface area contributed by atoms with E-state index in [2.05, 4.69) is 5.32 Å². The number of alkyl carbamates (subject to hydrolysis) is 1. The van der Waals surface area contributed by atoms with E-state index in [-0.39, 0.29) is 12.1 Å². The molecule has 2 heterocycles. The summed E-state index contributed by atoms with van der Waals surface area (Å²) in [4.78, 5) is 33.8. The van der Waals surface area contributed by atoms with Crippen molar-refractivity contribution in [3.05, 3.63) is 70.3 Å². The minimum absolute atomic E-state index is 0.208. The van der Waals surface area contributed by atoms with Gasteiger partial charge in [-0.15, -0.1) is 0 Å². The molecular weight excluding hydrogens is 463 g/mol. The van der Waals surface area contributed by atoms with Gasteiger partial charge in [-0.2, -0.15) is 0 Å². The number of hydrogen-bond donors (Lipinski definition) is 1. The number of nitrogens with zero attached hydrogens (tertiary/aromatic N) is 3. The molecule has 0 radical (unpaired) electrons. The van der Waals surface area contributed by atoms with Crippen molar-refractivity contribution >= 4 is 52.5 Å². The van der Waals surface area contributed by atoms with Crippen molar-refractivity contribution in [1.29, 1.82) is 0 Å². The number of amides is 3. The number of anilines is 2. The highest BCUT2D eigenvalue weighted by Gasteiger charge is 2.39. The molecular formula is C24H24Cl2N4O3. The monoisotopic (exact) mass is 486 g/mol. The molecule has 0 bridgehead atoms. The molecule has 0 spiro atoms. The maximum atomic E-state index is 13.6. The topological polar surface area (TPSA) is 74.2 Å². The number of aliphatic imine (C=N–C) groups is 1.